The molecular weight excluding hydrogens is 1070 g/mol. The highest BCUT2D eigenvalue weighted by atomic mass is 32.2. The summed E-state index contributed by atoms with van der Waals surface area (Å²) in [6.45, 7) is 13.4. The molecule has 67 heavy (non-hydrogen) atoms. The van der Waals surface area contributed by atoms with Gasteiger partial charge in [0.25, 0.3) is 0 Å². The number of fused-ring (bicyclic) bond motifs is 2. The van der Waals surface area contributed by atoms with Crippen LogP contribution in [0, 0.1) is 10.8 Å². The number of nitrogens with zero attached hydrogens (tertiary/aromatic N) is 2. The van der Waals surface area contributed by atoms with Crippen molar-refractivity contribution in [2.24, 2.45) is 10.8 Å². The monoisotopic (exact) mass is 1150 g/mol. The highest BCUT2D eigenvalue weighted by Gasteiger charge is 2.55. The Labute approximate surface area is 476 Å². The molecule has 386 valence electrons. The molecule has 4 fully saturated rings. The molecule has 0 bridgehead atoms. The minimum Gasteiger partial charge on any atom is -0.374 e. The van der Waals surface area contributed by atoms with Gasteiger partial charge in [0, 0.05) is 24.0 Å². The van der Waals surface area contributed by atoms with Crippen LogP contribution in [-0.2, 0) is 27.2 Å². The third-order valence-electron chi connectivity index (χ3n) is 12.7. The largest absolute Gasteiger partial charge is 0.374 e. The molecule has 0 saturated carbocycles. The van der Waals surface area contributed by atoms with Crippen molar-refractivity contribution in [1.82, 2.24) is 31.1 Å². The zero-order chi connectivity index (χ0) is 42.6. The maximum absolute atomic E-state index is 14.4. The number of benzene rings is 2. The summed E-state index contributed by atoms with van der Waals surface area (Å²) in [5, 5.41) is 20.1. The van der Waals surface area contributed by atoms with Gasteiger partial charge in [-0.1, -0.05) is 88.5 Å². The Morgan fingerprint density at radius 1 is 0.672 bits per heavy atom. The fraction of sp³-hybridized carbons (Fsp3) is 0.614. The van der Waals surface area contributed by atoms with Crippen molar-refractivity contribution in [2.75, 3.05) is 42.8 Å². The first-order chi connectivity index (χ1) is 28.0. The van der Waals surface area contributed by atoms with E-state index in [2.05, 4.69) is 77.5 Å². The first-order valence-corrected chi connectivity index (χ1v) is 24.0. The number of likely N-dealkylation sites (N-methyl/N-ethyl adjacent to an activating group) is 2. The second kappa shape index (κ2) is 31.6. The lowest BCUT2D eigenvalue weighted by Crippen LogP contribution is -2.56. The van der Waals surface area contributed by atoms with Crippen LogP contribution in [0.2, 0.25) is 0 Å². The fourth-order valence-electron chi connectivity index (χ4n) is 9.12. The molecule has 8 atom stereocenters. The van der Waals surface area contributed by atoms with Gasteiger partial charge in [-0.2, -0.15) is 108 Å². The molecule has 4 saturated heterocycles. The quantitative estimate of drug-likeness (QED) is 0.120. The maximum Gasteiger partial charge on any atom is 0.247 e. The highest BCUT2D eigenvalue weighted by Crippen LogP contribution is 2.48. The first-order valence-electron chi connectivity index (χ1n) is 21.1. The van der Waals surface area contributed by atoms with Crippen molar-refractivity contribution in [3.8, 4) is 0 Å². The maximum atomic E-state index is 14.4. The Hall–Kier alpha value is 0.0100. The molecule has 6 rings (SSSR count). The van der Waals surface area contributed by atoms with E-state index in [0.717, 1.165) is 64.8 Å². The molecule has 4 aliphatic rings. The van der Waals surface area contributed by atoms with Gasteiger partial charge in [0.05, 0.1) is 38.9 Å². The molecule has 2 aromatic carbocycles. The molecule has 0 unspecified atom stereocenters. The number of carbonyl (C=O) groups is 3. The summed E-state index contributed by atoms with van der Waals surface area (Å²) in [6.07, 6.45) is 4.60. The van der Waals surface area contributed by atoms with Gasteiger partial charge in [-0.25, -0.2) is 0 Å². The van der Waals surface area contributed by atoms with Gasteiger partial charge in [-0.15, -0.1) is 23.5 Å². The molecule has 4 aliphatic heterocycles. The van der Waals surface area contributed by atoms with E-state index in [1.54, 1.807) is 11.8 Å². The molecule has 11 nitrogen and oxygen atoms in total. The van der Waals surface area contributed by atoms with Gasteiger partial charge in [-0.3, -0.25) is 19.3 Å². The lowest BCUT2D eigenvalue weighted by molar-refractivity contribution is -0.140. The average molecular weight is 1150 g/mol. The van der Waals surface area contributed by atoms with Crippen molar-refractivity contribution in [1.29, 1.82) is 0 Å². The van der Waals surface area contributed by atoms with E-state index >= 15 is 0 Å². The van der Waals surface area contributed by atoms with E-state index in [-0.39, 0.29) is 166 Å². The number of rotatable bonds is 13. The molecule has 0 radical (unpaired) electrons. The van der Waals surface area contributed by atoms with Gasteiger partial charge in [0.1, 0.15) is 12.1 Å². The first kappa shape index (κ1) is 71.3. The van der Waals surface area contributed by atoms with Crippen LogP contribution in [-0.4, -0.2) is 117 Å². The molecule has 23 heteroatoms. The lowest BCUT2D eigenvalue weighted by atomic mass is 9.84. The fourth-order valence-corrected chi connectivity index (χ4v) is 12.9. The van der Waals surface area contributed by atoms with Crippen molar-refractivity contribution in [3.05, 3.63) is 59.7 Å². The summed E-state index contributed by atoms with van der Waals surface area (Å²) in [5.41, 5.74) is 2.91. The molecular formula is C44H80N8O3S12. The Morgan fingerprint density at radius 2 is 1.10 bits per heavy atom. The van der Waals surface area contributed by atoms with Crippen molar-refractivity contribution >= 4 is 195 Å². The molecule has 0 aliphatic carbocycles. The Kier molecular flexibility index (Phi) is 33.6. The van der Waals surface area contributed by atoms with Crippen LogP contribution in [0.3, 0.4) is 0 Å². The van der Waals surface area contributed by atoms with Crippen LogP contribution in [0.5, 0.6) is 0 Å². The minimum absolute atomic E-state index is 0. The summed E-state index contributed by atoms with van der Waals surface area (Å²) < 4.78 is 0. The Balaban J connectivity index is -0.00000512. The smallest absolute Gasteiger partial charge is 0.247 e. The number of amides is 3. The third kappa shape index (κ3) is 17.3. The highest BCUT2D eigenvalue weighted by molar-refractivity contribution is 8.00. The summed E-state index contributed by atoms with van der Waals surface area (Å²) in [7, 11) is 3.76. The minimum atomic E-state index is -0.643. The van der Waals surface area contributed by atoms with Gasteiger partial charge in [0.15, 0.2) is 0 Å². The summed E-state index contributed by atoms with van der Waals surface area (Å²) in [4.78, 5) is 48.7. The SMILES string of the molecule is CN[C@@H](C)C(=S)N[C@H]1CCS[C@H]2CC(C)(C)[C@@H](C(=O)Nc3ccccc3CCc3ccccc3NC(=O)[C@H]3N4C(=O)[C@@H](NC(=S)[C@H](C)NC)CCS[C@H]4CC3(C)C)N2C1.S.S.S.S.S.S.S.S. The summed E-state index contributed by atoms with van der Waals surface area (Å²) in [6, 6.07) is 14.7. The van der Waals surface area contributed by atoms with E-state index in [0.29, 0.717) is 24.3 Å². The normalized spacial score (nSPS) is 24.1. The standard InChI is InChI=1S/C44H64N8O3S4.8H2S/c1-26(45-7)40(56)47-30-19-21-58-34-23-43(3,4)36(51(34)25-30)38(53)48-31-15-11-9-13-28(31)17-18-29-14-10-12-16-32(29)49-39(54)37-44(5,6)24-35-52(37)42(55)33(20-22-59-35)50-41(57)27(2)46-8;;;;;;;;/h9-16,26-27,30,33-37,45-46H,17-25H2,1-8H3,(H,47,56)(H,48,53)(H,49,54)(H,50,57);8*1H2/t26-,27-,30-,33-,34-,35-,36+,37+;;;;;;;;/m0......../s1. The van der Waals surface area contributed by atoms with E-state index in [4.69, 9.17) is 24.4 Å². The number of nitrogens with one attached hydrogen (secondary N) is 6. The van der Waals surface area contributed by atoms with Crippen LogP contribution in [0.15, 0.2) is 48.5 Å². The summed E-state index contributed by atoms with van der Waals surface area (Å²) >= 11 is 15.0. The second-order valence-corrected chi connectivity index (χ2v) is 21.4. The lowest BCUT2D eigenvalue weighted by Gasteiger charge is -2.34. The van der Waals surface area contributed by atoms with Crippen LogP contribution in [0.4, 0.5) is 11.4 Å². The van der Waals surface area contributed by atoms with Gasteiger partial charge in [0.2, 0.25) is 17.7 Å². The van der Waals surface area contributed by atoms with E-state index in [1.807, 2.05) is 80.1 Å². The van der Waals surface area contributed by atoms with Crippen LogP contribution < -0.4 is 31.9 Å². The molecule has 6 N–H and O–H groups in total. The van der Waals surface area contributed by atoms with Gasteiger partial charge < -0.3 is 36.8 Å². The number of hydrogen-bond acceptors (Lipinski definition) is 10. The predicted octanol–water partition coefficient (Wildman–Crippen LogP) is 6.69. The number of carbonyl (C=O) groups excluding carboxylic acids is 3. The number of aryl methyl sites for hydroxylation is 2. The number of thiocarbonyl (C=S) groups is 2. The number of thioether (sulfide) groups is 2. The molecule has 2 aromatic rings. The zero-order valence-electron chi connectivity index (χ0n) is 39.9. The topological polar surface area (TPSA) is 130 Å². The van der Waals surface area contributed by atoms with Crippen LogP contribution >= 0.6 is 156 Å². The van der Waals surface area contributed by atoms with Crippen LogP contribution in [0.25, 0.3) is 0 Å². The van der Waals surface area contributed by atoms with Crippen molar-refractivity contribution < 1.29 is 14.4 Å². The van der Waals surface area contributed by atoms with Gasteiger partial charge >= 0.3 is 0 Å². The van der Waals surface area contributed by atoms with E-state index in [1.165, 1.54) is 0 Å². The number of para-hydroxylation sites is 2. The second-order valence-electron chi connectivity index (χ2n) is 17.9. The average Bonchev–Trinajstić information content (AvgIpc) is 3.46. The predicted molar refractivity (Wildman–Crippen MR) is 336 cm³/mol. The Bertz CT molecular complexity index is 1900. The molecule has 4 heterocycles. The summed E-state index contributed by atoms with van der Waals surface area (Å²) in [5.74, 6) is 1.57. The van der Waals surface area contributed by atoms with E-state index in [9.17, 15) is 14.4 Å². The molecule has 0 spiro atoms. The van der Waals surface area contributed by atoms with Gasteiger partial charge in [-0.05, 0) is 112 Å². The molecule has 0 aromatic heterocycles. The third-order valence-corrected chi connectivity index (χ3v) is 16.2. The number of anilines is 2. The Morgan fingerprint density at radius 3 is 1.63 bits per heavy atom. The van der Waals surface area contributed by atoms with Crippen molar-refractivity contribution in [2.45, 2.75) is 127 Å². The van der Waals surface area contributed by atoms with E-state index < -0.39 is 17.5 Å². The van der Waals surface area contributed by atoms with Crippen molar-refractivity contribution in [3.63, 3.8) is 0 Å². The molecule has 3 amide bonds. The van der Waals surface area contributed by atoms with Crippen LogP contribution in [0.1, 0.15) is 78.4 Å². The zero-order valence-corrected chi connectivity index (χ0v) is 51.1. The number of hydrogen-bond donors (Lipinski definition) is 6.